The van der Waals surface area contributed by atoms with E-state index in [0.717, 1.165) is 22.0 Å². The lowest BCUT2D eigenvalue weighted by Gasteiger charge is -2.14. The molecule has 0 aliphatic rings. The molecule has 12 heteroatoms. The van der Waals surface area contributed by atoms with Gasteiger partial charge in [0, 0.05) is 35.0 Å². The van der Waals surface area contributed by atoms with Crippen molar-refractivity contribution in [2.75, 3.05) is 17.6 Å². The fraction of sp³-hybridized carbons (Fsp3) is 0.211. The zero-order chi connectivity index (χ0) is 22.9. The van der Waals surface area contributed by atoms with Crippen LogP contribution in [0.3, 0.4) is 0 Å². The molecule has 1 unspecified atom stereocenters. The lowest BCUT2D eigenvalue weighted by atomic mass is 10.0. The van der Waals surface area contributed by atoms with Crippen molar-refractivity contribution in [2.24, 2.45) is 13.0 Å². The summed E-state index contributed by atoms with van der Waals surface area (Å²) in [7, 11) is 1.26. The molecule has 0 aliphatic carbocycles. The average Bonchev–Trinajstić information content (AvgIpc) is 3.19. The molecule has 3 aromatic rings. The number of aromatic nitrogens is 3. The lowest BCUT2D eigenvalue weighted by Crippen LogP contribution is -2.39. The summed E-state index contributed by atoms with van der Waals surface area (Å²) < 4.78 is 28.6. The van der Waals surface area contributed by atoms with Crippen LogP contribution in [0.1, 0.15) is 11.1 Å². The number of thiazole rings is 1. The number of aromatic amines is 1. The summed E-state index contributed by atoms with van der Waals surface area (Å²) >= 11 is 6.43. The van der Waals surface area contributed by atoms with Crippen LogP contribution in [0.25, 0.3) is 11.3 Å². The number of carbonyl (C=O) groups is 1. The molecule has 0 saturated heterocycles. The second-order valence-corrected chi connectivity index (χ2v) is 7.94. The number of aldehydes is 1. The number of hydrogen-bond donors (Lipinski definition) is 3. The van der Waals surface area contributed by atoms with E-state index in [1.54, 1.807) is 5.38 Å². The number of halogens is 2. The summed E-state index contributed by atoms with van der Waals surface area (Å²) in [5.74, 6) is -2.49. The SMILES string of the molecule is Cc1c(F)ccc(-c2csc(NCC(C=O)C(=S)c3c(N)[nH]c(=O)n(C)c3=O)n2)c1F. The first-order valence-corrected chi connectivity index (χ1v) is 10.2. The minimum Gasteiger partial charge on any atom is -0.384 e. The van der Waals surface area contributed by atoms with E-state index in [4.69, 9.17) is 18.0 Å². The van der Waals surface area contributed by atoms with E-state index in [2.05, 4.69) is 15.3 Å². The molecule has 8 nitrogen and oxygen atoms in total. The van der Waals surface area contributed by atoms with Crippen molar-refractivity contribution in [3.8, 4) is 11.3 Å². The van der Waals surface area contributed by atoms with Crippen LogP contribution in [0.5, 0.6) is 0 Å². The minimum absolute atomic E-state index is 0.0120. The molecule has 4 N–H and O–H groups in total. The van der Waals surface area contributed by atoms with Crippen molar-refractivity contribution in [2.45, 2.75) is 6.92 Å². The van der Waals surface area contributed by atoms with Gasteiger partial charge in [0.05, 0.1) is 17.2 Å². The van der Waals surface area contributed by atoms with Crippen molar-refractivity contribution < 1.29 is 13.6 Å². The van der Waals surface area contributed by atoms with Crippen LogP contribution in [0.15, 0.2) is 27.1 Å². The largest absolute Gasteiger partial charge is 0.384 e. The summed E-state index contributed by atoms with van der Waals surface area (Å²) in [5, 5.41) is 4.87. The third kappa shape index (κ3) is 4.30. The minimum atomic E-state index is -0.923. The lowest BCUT2D eigenvalue weighted by molar-refractivity contribution is -0.109. The highest BCUT2D eigenvalue weighted by Gasteiger charge is 2.23. The smallest absolute Gasteiger partial charge is 0.329 e. The maximum absolute atomic E-state index is 14.3. The second kappa shape index (κ2) is 8.86. The highest BCUT2D eigenvalue weighted by Crippen LogP contribution is 2.29. The second-order valence-electron chi connectivity index (χ2n) is 6.64. The summed E-state index contributed by atoms with van der Waals surface area (Å²) in [6, 6.07) is 2.46. The Balaban J connectivity index is 1.80. The fourth-order valence-electron chi connectivity index (χ4n) is 2.80. The molecule has 31 heavy (non-hydrogen) atoms. The Kier molecular flexibility index (Phi) is 6.41. The third-order valence-corrected chi connectivity index (χ3v) is 5.96. The van der Waals surface area contributed by atoms with Crippen LogP contribution in [-0.4, -0.2) is 32.2 Å². The number of nitrogens with two attached hydrogens (primary N) is 1. The Morgan fingerprint density at radius 1 is 1.42 bits per heavy atom. The molecule has 3 rings (SSSR count). The number of anilines is 2. The molecule has 1 aromatic carbocycles. The molecular weight excluding hydrogens is 448 g/mol. The Hall–Kier alpha value is -3.25. The average molecular weight is 466 g/mol. The highest BCUT2D eigenvalue weighted by atomic mass is 32.1. The van der Waals surface area contributed by atoms with Crippen LogP contribution < -0.4 is 22.3 Å². The monoisotopic (exact) mass is 465 g/mol. The number of nitrogens with zero attached hydrogens (tertiary/aromatic N) is 2. The molecule has 0 radical (unpaired) electrons. The Morgan fingerprint density at radius 2 is 2.13 bits per heavy atom. The van der Waals surface area contributed by atoms with Gasteiger partial charge in [-0.2, -0.15) is 0 Å². The van der Waals surface area contributed by atoms with Crippen molar-refractivity contribution in [3.05, 3.63) is 61.1 Å². The molecule has 1 atom stereocenters. The Labute approximate surface area is 183 Å². The van der Waals surface area contributed by atoms with Crippen LogP contribution in [0.4, 0.5) is 19.7 Å². The molecule has 0 amide bonds. The Bertz CT molecular complexity index is 1300. The first kappa shape index (κ1) is 22.4. The van der Waals surface area contributed by atoms with Gasteiger partial charge < -0.3 is 15.8 Å². The molecular formula is C19H17F2N5O3S2. The Morgan fingerprint density at radius 3 is 2.81 bits per heavy atom. The van der Waals surface area contributed by atoms with Gasteiger partial charge in [-0.1, -0.05) is 12.2 Å². The van der Waals surface area contributed by atoms with E-state index in [0.29, 0.717) is 17.1 Å². The number of benzene rings is 1. The quantitative estimate of drug-likeness (QED) is 0.277. The van der Waals surface area contributed by atoms with E-state index in [1.165, 1.54) is 20.0 Å². The summed E-state index contributed by atoms with van der Waals surface area (Å²) in [6.07, 6.45) is 0.552. The van der Waals surface area contributed by atoms with Gasteiger partial charge in [-0.15, -0.1) is 11.3 Å². The third-order valence-electron chi connectivity index (χ3n) is 4.66. The van der Waals surface area contributed by atoms with E-state index in [9.17, 15) is 23.2 Å². The molecule has 162 valence electrons. The van der Waals surface area contributed by atoms with Gasteiger partial charge in [-0.25, -0.2) is 18.6 Å². The number of nitrogen functional groups attached to an aromatic ring is 1. The molecule has 0 spiro atoms. The van der Waals surface area contributed by atoms with Crippen molar-refractivity contribution >= 4 is 45.7 Å². The van der Waals surface area contributed by atoms with Gasteiger partial charge in [0.25, 0.3) is 5.56 Å². The van der Waals surface area contributed by atoms with Crippen LogP contribution in [0, 0.1) is 24.5 Å². The summed E-state index contributed by atoms with van der Waals surface area (Å²) in [4.78, 5) is 42.1. The molecule has 0 aliphatic heterocycles. The molecule has 0 bridgehead atoms. The first-order chi connectivity index (χ1) is 14.6. The number of rotatable bonds is 7. The van der Waals surface area contributed by atoms with Crippen molar-refractivity contribution in [1.82, 2.24) is 14.5 Å². The zero-order valence-corrected chi connectivity index (χ0v) is 18.0. The van der Waals surface area contributed by atoms with Gasteiger partial charge in [0.15, 0.2) is 5.13 Å². The van der Waals surface area contributed by atoms with Crippen LogP contribution in [-0.2, 0) is 11.8 Å². The fourth-order valence-corrected chi connectivity index (χ4v) is 3.85. The van der Waals surface area contributed by atoms with Gasteiger partial charge in [0.1, 0.15) is 23.7 Å². The van der Waals surface area contributed by atoms with Crippen LogP contribution >= 0.6 is 23.6 Å². The molecule has 0 saturated carbocycles. The van der Waals surface area contributed by atoms with Gasteiger partial charge >= 0.3 is 5.69 Å². The summed E-state index contributed by atoms with van der Waals surface area (Å²) in [6.45, 7) is 1.32. The van der Waals surface area contributed by atoms with Crippen LogP contribution in [0.2, 0.25) is 0 Å². The maximum atomic E-state index is 14.3. The molecule has 2 heterocycles. The van der Waals surface area contributed by atoms with Gasteiger partial charge in [-0.3, -0.25) is 14.3 Å². The van der Waals surface area contributed by atoms with Gasteiger partial charge in [0.2, 0.25) is 0 Å². The van der Waals surface area contributed by atoms with Gasteiger partial charge in [-0.05, 0) is 19.1 Å². The van der Waals surface area contributed by atoms with E-state index in [-0.39, 0.29) is 33.9 Å². The number of carbonyl (C=O) groups excluding carboxylic acids is 1. The van der Waals surface area contributed by atoms with E-state index in [1.807, 2.05) is 0 Å². The molecule has 0 fully saturated rings. The predicted molar refractivity (Wildman–Crippen MR) is 119 cm³/mol. The van der Waals surface area contributed by atoms with E-state index >= 15 is 0 Å². The zero-order valence-electron chi connectivity index (χ0n) is 16.4. The number of thiocarbonyl (C=S) groups is 1. The summed E-state index contributed by atoms with van der Waals surface area (Å²) in [5.41, 5.74) is 4.54. The number of hydrogen-bond acceptors (Lipinski definition) is 8. The van der Waals surface area contributed by atoms with E-state index < -0.39 is 28.8 Å². The number of H-pyrrole nitrogens is 1. The maximum Gasteiger partial charge on any atom is 0.329 e. The predicted octanol–water partition coefficient (Wildman–Crippen LogP) is 2.01. The first-order valence-electron chi connectivity index (χ1n) is 8.88. The topological polar surface area (TPSA) is 123 Å². The van der Waals surface area contributed by atoms with Crippen molar-refractivity contribution in [3.63, 3.8) is 0 Å². The van der Waals surface area contributed by atoms with Crippen molar-refractivity contribution in [1.29, 1.82) is 0 Å². The molecule has 2 aromatic heterocycles. The number of nitrogens with one attached hydrogen (secondary N) is 2. The normalized spacial score (nSPS) is 11.9. The standard InChI is InChI=1S/C19H17F2N5O3S2/c1-8-11(20)4-3-10(14(8)21)12-7-31-18(24-12)23-5-9(6-27)15(30)13-16(22)25-19(29)26(2)17(13)28/h3-4,6-7,9H,5,22H2,1-2H3,(H,23,24)(H,25,29). The highest BCUT2D eigenvalue weighted by molar-refractivity contribution is 7.81.